The molecule has 0 aliphatic heterocycles. The summed E-state index contributed by atoms with van der Waals surface area (Å²) in [5.74, 6) is 3.44. The average Bonchev–Trinajstić information content (AvgIpc) is 2.58. The third-order valence-electron chi connectivity index (χ3n) is 3.50. The molecular formula is C19H22BrNOS2. The number of nitrogens with one attached hydrogen (secondary N) is 1. The van der Waals surface area contributed by atoms with E-state index in [0.717, 1.165) is 28.3 Å². The normalized spacial score (nSPS) is 10.6. The number of benzene rings is 2. The third kappa shape index (κ3) is 7.32. The molecule has 5 heteroatoms. The minimum atomic E-state index is 0.119. The van der Waals surface area contributed by atoms with Crippen molar-refractivity contribution in [1.82, 2.24) is 5.32 Å². The molecule has 2 nitrogen and oxygen atoms in total. The molecule has 0 saturated heterocycles. The molecule has 0 saturated carbocycles. The second kappa shape index (κ2) is 10.9. The van der Waals surface area contributed by atoms with Crippen molar-refractivity contribution in [3.8, 4) is 0 Å². The van der Waals surface area contributed by atoms with Crippen LogP contribution in [0.5, 0.6) is 0 Å². The summed E-state index contributed by atoms with van der Waals surface area (Å²) >= 11 is 6.93. The van der Waals surface area contributed by atoms with Gasteiger partial charge in [0.15, 0.2) is 0 Å². The number of aryl methyl sites for hydroxylation is 1. The van der Waals surface area contributed by atoms with Crippen LogP contribution in [0.25, 0.3) is 0 Å². The number of amides is 1. The molecule has 0 atom stereocenters. The first-order valence-electron chi connectivity index (χ1n) is 7.86. The van der Waals surface area contributed by atoms with E-state index in [1.54, 1.807) is 11.8 Å². The summed E-state index contributed by atoms with van der Waals surface area (Å²) in [4.78, 5) is 11.8. The Morgan fingerprint density at radius 1 is 1.04 bits per heavy atom. The Balaban J connectivity index is 1.53. The van der Waals surface area contributed by atoms with Crippen molar-refractivity contribution >= 4 is 45.4 Å². The van der Waals surface area contributed by atoms with E-state index in [-0.39, 0.29) is 5.91 Å². The largest absolute Gasteiger partial charge is 0.355 e. The maximum Gasteiger partial charge on any atom is 0.230 e. The first-order chi connectivity index (χ1) is 11.6. The van der Waals surface area contributed by atoms with Crippen LogP contribution in [0, 0.1) is 6.92 Å². The maximum atomic E-state index is 11.8. The van der Waals surface area contributed by atoms with Gasteiger partial charge in [-0.15, -0.1) is 11.8 Å². The minimum Gasteiger partial charge on any atom is -0.355 e. The lowest BCUT2D eigenvalue weighted by Crippen LogP contribution is -2.27. The van der Waals surface area contributed by atoms with E-state index in [4.69, 9.17) is 0 Å². The molecule has 2 aromatic rings. The van der Waals surface area contributed by atoms with Gasteiger partial charge in [-0.05, 0) is 35.7 Å². The molecule has 0 fully saturated rings. The molecule has 1 N–H and O–H groups in total. The molecule has 24 heavy (non-hydrogen) atoms. The standard InChI is InChI=1S/C19H22BrNOS2/c1-15-4-2-3-5-17(15)13-23-11-10-21-19(22)14-24-12-16-6-8-18(20)9-7-16/h2-9H,10-14H2,1H3,(H,21,22). The van der Waals surface area contributed by atoms with Gasteiger partial charge in [0.1, 0.15) is 0 Å². The van der Waals surface area contributed by atoms with Crippen molar-refractivity contribution in [3.63, 3.8) is 0 Å². The number of hydrogen-bond acceptors (Lipinski definition) is 3. The molecule has 0 aliphatic rings. The van der Waals surface area contributed by atoms with Gasteiger partial charge in [0, 0.05) is 28.3 Å². The summed E-state index contributed by atoms with van der Waals surface area (Å²) in [5.41, 5.74) is 3.95. The van der Waals surface area contributed by atoms with Gasteiger partial charge in [-0.25, -0.2) is 0 Å². The highest BCUT2D eigenvalue weighted by Gasteiger charge is 2.02. The van der Waals surface area contributed by atoms with Crippen LogP contribution < -0.4 is 5.32 Å². The molecule has 0 unspecified atom stereocenters. The number of rotatable bonds is 9. The van der Waals surface area contributed by atoms with Gasteiger partial charge in [-0.2, -0.15) is 11.8 Å². The van der Waals surface area contributed by atoms with Crippen LogP contribution in [-0.2, 0) is 16.3 Å². The number of hydrogen-bond donors (Lipinski definition) is 1. The van der Waals surface area contributed by atoms with Crippen LogP contribution in [-0.4, -0.2) is 24.0 Å². The Hall–Kier alpha value is -0.910. The fourth-order valence-electron chi connectivity index (χ4n) is 2.11. The summed E-state index contributed by atoms with van der Waals surface area (Å²) in [6.07, 6.45) is 0. The molecule has 0 bridgehead atoms. The van der Waals surface area contributed by atoms with E-state index in [0.29, 0.717) is 5.75 Å². The molecule has 0 radical (unpaired) electrons. The van der Waals surface area contributed by atoms with Crippen molar-refractivity contribution < 1.29 is 4.79 Å². The summed E-state index contributed by atoms with van der Waals surface area (Å²) in [6, 6.07) is 16.7. The maximum absolute atomic E-state index is 11.8. The monoisotopic (exact) mass is 423 g/mol. The smallest absolute Gasteiger partial charge is 0.230 e. The lowest BCUT2D eigenvalue weighted by molar-refractivity contribution is -0.118. The van der Waals surface area contributed by atoms with Gasteiger partial charge in [-0.1, -0.05) is 52.3 Å². The quantitative estimate of drug-likeness (QED) is 0.572. The summed E-state index contributed by atoms with van der Waals surface area (Å²) < 4.78 is 1.08. The second-order valence-corrected chi connectivity index (χ2v) is 8.45. The molecule has 0 aromatic heterocycles. The third-order valence-corrected chi connectivity index (χ3v) is 6.04. The van der Waals surface area contributed by atoms with Gasteiger partial charge >= 0.3 is 0 Å². The zero-order chi connectivity index (χ0) is 17.2. The molecule has 0 heterocycles. The van der Waals surface area contributed by atoms with Crippen molar-refractivity contribution in [2.45, 2.75) is 18.4 Å². The zero-order valence-corrected chi connectivity index (χ0v) is 17.0. The summed E-state index contributed by atoms with van der Waals surface area (Å²) in [5, 5.41) is 2.99. The topological polar surface area (TPSA) is 29.1 Å². The molecular weight excluding hydrogens is 402 g/mol. The van der Waals surface area contributed by atoms with Crippen LogP contribution in [0.15, 0.2) is 53.0 Å². The van der Waals surface area contributed by atoms with E-state index in [9.17, 15) is 4.79 Å². The SMILES string of the molecule is Cc1ccccc1CSCCNC(=O)CSCc1ccc(Br)cc1. The van der Waals surface area contributed by atoms with E-state index >= 15 is 0 Å². The van der Waals surface area contributed by atoms with E-state index in [1.165, 1.54) is 16.7 Å². The van der Waals surface area contributed by atoms with Crippen molar-refractivity contribution in [2.75, 3.05) is 18.1 Å². The minimum absolute atomic E-state index is 0.119. The Kier molecular flexibility index (Phi) is 8.78. The highest BCUT2D eigenvalue weighted by molar-refractivity contribution is 9.10. The number of thioether (sulfide) groups is 2. The number of carbonyl (C=O) groups excluding carboxylic acids is 1. The molecule has 0 aliphatic carbocycles. The first kappa shape index (κ1) is 19.4. The van der Waals surface area contributed by atoms with Gasteiger partial charge in [0.2, 0.25) is 5.91 Å². The van der Waals surface area contributed by atoms with Crippen molar-refractivity contribution in [1.29, 1.82) is 0 Å². The van der Waals surface area contributed by atoms with Crippen LogP contribution in [0.3, 0.4) is 0 Å². The predicted octanol–water partition coefficient (Wildman–Crippen LogP) is 5.04. The van der Waals surface area contributed by atoms with E-state index in [2.05, 4.69) is 64.6 Å². The summed E-state index contributed by atoms with van der Waals surface area (Å²) in [6.45, 7) is 2.87. The van der Waals surface area contributed by atoms with E-state index < -0.39 is 0 Å². The van der Waals surface area contributed by atoms with Gasteiger partial charge < -0.3 is 5.32 Å². The fraction of sp³-hybridized carbons (Fsp3) is 0.316. The van der Waals surface area contributed by atoms with Crippen LogP contribution in [0.1, 0.15) is 16.7 Å². The average molecular weight is 424 g/mol. The number of carbonyl (C=O) groups is 1. The van der Waals surface area contributed by atoms with E-state index in [1.807, 2.05) is 23.9 Å². The summed E-state index contributed by atoms with van der Waals surface area (Å²) in [7, 11) is 0. The molecule has 128 valence electrons. The Bertz CT molecular complexity index is 646. The molecule has 0 spiro atoms. The van der Waals surface area contributed by atoms with Crippen LogP contribution in [0.2, 0.25) is 0 Å². The highest BCUT2D eigenvalue weighted by atomic mass is 79.9. The Morgan fingerprint density at radius 2 is 1.79 bits per heavy atom. The van der Waals surface area contributed by atoms with Gasteiger partial charge in [0.05, 0.1) is 5.75 Å². The Labute approximate surface area is 161 Å². The Morgan fingerprint density at radius 3 is 2.54 bits per heavy atom. The lowest BCUT2D eigenvalue weighted by Gasteiger charge is -2.07. The van der Waals surface area contributed by atoms with Crippen molar-refractivity contribution in [3.05, 3.63) is 69.7 Å². The van der Waals surface area contributed by atoms with Crippen LogP contribution >= 0.6 is 39.5 Å². The molecule has 1 amide bonds. The fourth-order valence-corrected chi connectivity index (χ4v) is 4.13. The molecule has 2 rings (SSSR count). The van der Waals surface area contributed by atoms with Crippen molar-refractivity contribution in [2.24, 2.45) is 0 Å². The lowest BCUT2D eigenvalue weighted by atomic mass is 10.1. The predicted molar refractivity (Wildman–Crippen MR) is 111 cm³/mol. The van der Waals surface area contributed by atoms with Crippen LogP contribution in [0.4, 0.5) is 0 Å². The second-order valence-electron chi connectivity index (χ2n) is 5.45. The highest BCUT2D eigenvalue weighted by Crippen LogP contribution is 2.16. The molecule has 2 aromatic carbocycles. The first-order valence-corrected chi connectivity index (χ1v) is 11.0. The van der Waals surface area contributed by atoms with Gasteiger partial charge in [-0.3, -0.25) is 4.79 Å². The number of halogens is 1. The van der Waals surface area contributed by atoms with Gasteiger partial charge in [0.25, 0.3) is 0 Å². The zero-order valence-electron chi connectivity index (χ0n) is 13.8.